The third kappa shape index (κ3) is 3.37. The molecule has 0 aromatic carbocycles. The first kappa shape index (κ1) is 13.7. The minimum atomic E-state index is -0.0874. The molecule has 19 heavy (non-hydrogen) atoms. The Labute approximate surface area is 115 Å². The van der Waals surface area contributed by atoms with Crippen LogP contribution in [0.2, 0.25) is 0 Å². The minimum absolute atomic E-state index is 0.0874. The summed E-state index contributed by atoms with van der Waals surface area (Å²) in [5, 5.41) is 17.1. The van der Waals surface area contributed by atoms with Gasteiger partial charge in [0, 0.05) is 18.7 Å². The Morgan fingerprint density at radius 3 is 2.84 bits per heavy atom. The van der Waals surface area contributed by atoms with Gasteiger partial charge < -0.3 is 5.32 Å². The van der Waals surface area contributed by atoms with Gasteiger partial charge in [-0.1, -0.05) is 18.3 Å². The fraction of sp³-hybridized carbons (Fsp3) is 0.500. The molecule has 1 N–H and O–H groups in total. The van der Waals surface area contributed by atoms with Crippen molar-refractivity contribution in [2.24, 2.45) is 0 Å². The van der Waals surface area contributed by atoms with E-state index < -0.39 is 0 Å². The molecule has 0 bridgehead atoms. The van der Waals surface area contributed by atoms with Gasteiger partial charge in [-0.25, -0.2) is 4.68 Å². The van der Waals surface area contributed by atoms with Gasteiger partial charge in [0.15, 0.2) is 5.01 Å². The largest absolute Gasteiger partial charge is 0.358 e. The van der Waals surface area contributed by atoms with E-state index in [9.17, 15) is 4.79 Å². The number of hydrogen-bond acceptors (Lipinski definition) is 6. The number of hydrogen-bond donors (Lipinski definition) is 1. The van der Waals surface area contributed by atoms with Crippen LogP contribution in [0.5, 0.6) is 0 Å². The summed E-state index contributed by atoms with van der Waals surface area (Å²) in [6.45, 7) is 6.71. The van der Waals surface area contributed by atoms with Crippen molar-refractivity contribution in [1.82, 2.24) is 20.0 Å². The van der Waals surface area contributed by atoms with Crippen LogP contribution in [0, 0.1) is 0 Å². The smallest absolute Gasteiger partial charge is 0.266 e. The van der Waals surface area contributed by atoms with Gasteiger partial charge in [0.1, 0.15) is 5.69 Å². The summed E-state index contributed by atoms with van der Waals surface area (Å²) < 4.78 is 1.46. The second-order valence-corrected chi connectivity index (χ2v) is 5.47. The highest BCUT2D eigenvalue weighted by Gasteiger charge is 2.10. The third-order valence-corrected chi connectivity index (χ3v) is 3.24. The molecule has 0 atom stereocenters. The van der Waals surface area contributed by atoms with Gasteiger partial charge >= 0.3 is 0 Å². The lowest BCUT2D eigenvalue weighted by molar-refractivity contribution is 0.570. The van der Waals surface area contributed by atoms with Crippen molar-refractivity contribution in [2.75, 3.05) is 5.32 Å². The van der Waals surface area contributed by atoms with E-state index in [1.807, 2.05) is 20.8 Å². The van der Waals surface area contributed by atoms with Gasteiger partial charge in [0.2, 0.25) is 5.13 Å². The molecule has 102 valence electrons. The van der Waals surface area contributed by atoms with Crippen LogP contribution in [0.15, 0.2) is 16.9 Å². The fourth-order valence-electron chi connectivity index (χ4n) is 1.57. The maximum absolute atomic E-state index is 11.6. The monoisotopic (exact) mass is 279 g/mol. The Morgan fingerprint density at radius 2 is 2.16 bits per heavy atom. The zero-order valence-electron chi connectivity index (χ0n) is 11.3. The molecule has 0 aliphatic carbocycles. The molecule has 0 aliphatic rings. The highest BCUT2D eigenvalue weighted by molar-refractivity contribution is 7.18. The van der Waals surface area contributed by atoms with Crippen LogP contribution in [-0.2, 0) is 6.54 Å². The highest BCUT2D eigenvalue weighted by Crippen LogP contribution is 2.24. The van der Waals surface area contributed by atoms with Crippen molar-refractivity contribution in [2.45, 2.75) is 39.8 Å². The topological polar surface area (TPSA) is 72.7 Å². The fourth-order valence-corrected chi connectivity index (χ4v) is 2.42. The van der Waals surface area contributed by atoms with E-state index in [1.165, 1.54) is 22.1 Å². The van der Waals surface area contributed by atoms with Gasteiger partial charge in [-0.15, -0.1) is 10.2 Å². The molecule has 2 rings (SSSR count). The van der Waals surface area contributed by atoms with Crippen molar-refractivity contribution in [1.29, 1.82) is 0 Å². The quantitative estimate of drug-likeness (QED) is 0.906. The molecular weight excluding hydrogens is 262 g/mol. The molecule has 2 aromatic rings. The Hall–Kier alpha value is -1.76. The molecule has 0 amide bonds. The highest BCUT2D eigenvalue weighted by atomic mass is 32.1. The molecule has 0 saturated heterocycles. The van der Waals surface area contributed by atoms with Gasteiger partial charge in [0.25, 0.3) is 5.56 Å². The predicted octanol–water partition coefficient (Wildman–Crippen LogP) is 1.99. The lowest BCUT2D eigenvalue weighted by Gasteiger charge is -2.04. The molecule has 2 aromatic heterocycles. The van der Waals surface area contributed by atoms with Crippen molar-refractivity contribution in [3.8, 4) is 10.7 Å². The molecule has 0 fully saturated rings. The van der Waals surface area contributed by atoms with Gasteiger partial charge in [-0.2, -0.15) is 5.10 Å². The number of aryl methyl sites for hydroxylation is 1. The predicted molar refractivity (Wildman–Crippen MR) is 76.4 cm³/mol. The van der Waals surface area contributed by atoms with Crippen molar-refractivity contribution in [3.05, 3.63) is 22.5 Å². The van der Waals surface area contributed by atoms with E-state index >= 15 is 0 Å². The first-order valence-electron chi connectivity index (χ1n) is 6.28. The standard InChI is InChI=1S/C12H17N5OS/c1-4-7-17-10(18)6-5-9(16-17)11-14-15-12(19-11)13-8(2)3/h5-6,8H,4,7H2,1-3H3,(H,13,15). The van der Waals surface area contributed by atoms with E-state index in [-0.39, 0.29) is 5.56 Å². The summed E-state index contributed by atoms with van der Waals surface area (Å²) in [5.74, 6) is 0. The molecule has 6 nitrogen and oxygen atoms in total. The van der Waals surface area contributed by atoms with E-state index in [2.05, 4.69) is 20.6 Å². The molecule has 0 saturated carbocycles. The van der Waals surface area contributed by atoms with Crippen LogP contribution >= 0.6 is 11.3 Å². The second-order valence-electron chi connectivity index (χ2n) is 4.49. The molecular formula is C12H17N5OS. The number of aromatic nitrogens is 4. The maximum Gasteiger partial charge on any atom is 0.266 e. The first-order valence-corrected chi connectivity index (χ1v) is 7.10. The van der Waals surface area contributed by atoms with Crippen molar-refractivity contribution >= 4 is 16.5 Å². The summed E-state index contributed by atoms with van der Waals surface area (Å²) in [7, 11) is 0. The Morgan fingerprint density at radius 1 is 1.37 bits per heavy atom. The van der Waals surface area contributed by atoms with Gasteiger partial charge in [-0.05, 0) is 26.3 Å². The lowest BCUT2D eigenvalue weighted by atomic mass is 10.4. The van der Waals surface area contributed by atoms with Gasteiger partial charge in [0.05, 0.1) is 0 Å². The Kier molecular flexibility index (Phi) is 4.26. The molecule has 0 spiro atoms. The summed E-state index contributed by atoms with van der Waals surface area (Å²) >= 11 is 1.44. The Balaban J connectivity index is 2.28. The summed E-state index contributed by atoms with van der Waals surface area (Å²) in [6, 6.07) is 3.52. The average molecular weight is 279 g/mol. The van der Waals surface area contributed by atoms with E-state index in [1.54, 1.807) is 6.07 Å². The van der Waals surface area contributed by atoms with E-state index in [0.29, 0.717) is 23.3 Å². The number of nitrogens with zero attached hydrogens (tertiary/aromatic N) is 4. The lowest BCUT2D eigenvalue weighted by Crippen LogP contribution is -2.21. The number of anilines is 1. The number of rotatable bonds is 5. The van der Waals surface area contributed by atoms with Crippen LogP contribution in [0.3, 0.4) is 0 Å². The summed E-state index contributed by atoms with van der Waals surface area (Å²) in [5.41, 5.74) is 0.595. The second kappa shape index (κ2) is 5.92. The van der Waals surface area contributed by atoms with Crippen molar-refractivity contribution in [3.63, 3.8) is 0 Å². The SMILES string of the molecule is CCCn1nc(-c2nnc(NC(C)C)s2)ccc1=O. The van der Waals surface area contributed by atoms with Crippen LogP contribution in [0.1, 0.15) is 27.2 Å². The third-order valence-electron chi connectivity index (χ3n) is 2.36. The maximum atomic E-state index is 11.6. The molecule has 7 heteroatoms. The van der Waals surface area contributed by atoms with Crippen LogP contribution < -0.4 is 10.9 Å². The Bertz CT molecular complexity index is 604. The van der Waals surface area contributed by atoms with Crippen LogP contribution in [0.4, 0.5) is 5.13 Å². The zero-order chi connectivity index (χ0) is 13.8. The van der Waals surface area contributed by atoms with E-state index in [4.69, 9.17) is 0 Å². The van der Waals surface area contributed by atoms with E-state index in [0.717, 1.165) is 11.6 Å². The number of nitrogens with one attached hydrogen (secondary N) is 1. The summed E-state index contributed by atoms with van der Waals surface area (Å²) in [4.78, 5) is 11.6. The first-order chi connectivity index (χ1) is 9.10. The van der Waals surface area contributed by atoms with Gasteiger partial charge in [-0.3, -0.25) is 4.79 Å². The van der Waals surface area contributed by atoms with Crippen LogP contribution in [0.25, 0.3) is 10.7 Å². The zero-order valence-corrected chi connectivity index (χ0v) is 12.1. The molecule has 2 heterocycles. The molecule has 0 aliphatic heterocycles. The summed E-state index contributed by atoms with van der Waals surface area (Å²) in [6.07, 6.45) is 0.868. The average Bonchev–Trinajstić information content (AvgIpc) is 2.80. The molecule has 0 radical (unpaired) electrons. The van der Waals surface area contributed by atoms with Crippen LogP contribution in [-0.4, -0.2) is 26.0 Å². The van der Waals surface area contributed by atoms with Crippen molar-refractivity contribution < 1.29 is 0 Å². The minimum Gasteiger partial charge on any atom is -0.358 e. The normalized spacial score (nSPS) is 10.9. The molecule has 0 unspecified atom stereocenters.